The van der Waals surface area contributed by atoms with Gasteiger partial charge in [-0.3, -0.25) is 14.6 Å². The number of carboxylic acids is 1. The van der Waals surface area contributed by atoms with E-state index in [1.165, 1.54) is 0 Å². The molecule has 1 aromatic heterocycles. The summed E-state index contributed by atoms with van der Waals surface area (Å²) in [6, 6.07) is 12.6. The van der Waals surface area contributed by atoms with E-state index in [9.17, 15) is 4.79 Å². The first kappa shape index (κ1) is 20.4. The van der Waals surface area contributed by atoms with E-state index in [4.69, 9.17) is 5.11 Å². The van der Waals surface area contributed by atoms with Crippen LogP contribution in [0.5, 0.6) is 0 Å². The van der Waals surface area contributed by atoms with Crippen molar-refractivity contribution in [1.82, 2.24) is 19.6 Å². The zero-order valence-corrected chi connectivity index (χ0v) is 15.9. The molecule has 2 heterocycles. The molecule has 0 aliphatic carbocycles. The van der Waals surface area contributed by atoms with E-state index in [-0.39, 0.29) is 19.0 Å². The maximum Gasteiger partial charge on any atom is 0.317 e. The molecule has 6 nitrogen and oxygen atoms in total. The summed E-state index contributed by atoms with van der Waals surface area (Å²) in [5.74, 6) is -0.740. The van der Waals surface area contributed by atoms with Crippen LogP contribution in [-0.4, -0.2) is 62.9 Å². The Hall–Kier alpha value is -1.89. The Morgan fingerprint density at radius 2 is 1.92 bits per heavy atom. The summed E-state index contributed by atoms with van der Waals surface area (Å²) in [7, 11) is 0. The number of hydrogen-bond acceptors (Lipinski definition) is 4. The number of para-hydroxylation sites is 1. The SMILES string of the molecule is CCN(CC(=O)O)C1CCN(Cc2ccn(-c3ccccc3)n2)CC1.Cl. The fraction of sp³-hybridized carbons (Fsp3) is 0.474. The Morgan fingerprint density at radius 1 is 1.23 bits per heavy atom. The molecule has 2 aromatic rings. The van der Waals surface area contributed by atoms with Crippen LogP contribution in [0.15, 0.2) is 42.6 Å². The van der Waals surface area contributed by atoms with Gasteiger partial charge in [-0.05, 0) is 37.6 Å². The topological polar surface area (TPSA) is 61.6 Å². The molecule has 0 spiro atoms. The third-order valence-corrected chi connectivity index (χ3v) is 4.87. The van der Waals surface area contributed by atoms with Crippen LogP contribution in [0.2, 0.25) is 0 Å². The Balaban J connectivity index is 0.00000243. The third-order valence-electron chi connectivity index (χ3n) is 4.87. The van der Waals surface area contributed by atoms with Gasteiger partial charge in [-0.15, -0.1) is 12.4 Å². The lowest BCUT2D eigenvalue weighted by atomic mass is 10.0. The highest BCUT2D eigenvalue weighted by Gasteiger charge is 2.25. The summed E-state index contributed by atoms with van der Waals surface area (Å²) in [6.45, 7) is 5.78. The first-order chi connectivity index (χ1) is 12.2. The molecule has 1 aliphatic heterocycles. The largest absolute Gasteiger partial charge is 0.480 e. The number of piperidine rings is 1. The van der Waals surface area contributed by atoms with Gasteiger partial charge in [0.2, 0.25) is 0 Å². The van der Waals surface area contributed by atoms with Gasteiger partial charge < -0.3 is 5.11 Å². The second-order valence-corrected chi connectivity index (χ2v) is 6.55. The summed E-state index contributed by atoms with van der Waals surface area (Å²) in [5, 5.41) is 13.7. The first-order valence-corrected chi connectivity index (χ1v) is 8.94. The van der Waals surface area contributed by atoms with Gasteiger partial charge in [-0.1, -0.05) is 25.1 Å². The van der Waals surface area contributed by atoms with Gasteiger partial charge in [0.05, 0.1) is 17.9 Å². The average molecular weight is 379 g/mol. The molecule has 26 heavy (non-hydrogen) atoms. The Labute approximate surface area is 160 Å². The van der Waals surface area contributed by atoms with Crippen molar-refractivity contribution in [2.45, 2.75) is 32.4 Å². The second-order valence-electron chi connectivity index (χ2n) is 6.55. The number of halogens is 1. The number of carbonyl (C=O) groups is 1. The van der Waals surface area contributed by atoms with E-state index in [0.29, 0.717) is 6.04 Å². The highest BCUT2D eigenvalue weighted by atomic mass is 35.5. The zero-order valence-electron chi connectivity index (χ0n) is 15.1. The predicted molar refractivity (Wildman–Crippen MR) is 104 cm³/mol. The van der Waals surface area contributed by atoms with Gasteiger partial charge in [-0.2, -0.15) is 5.10 Å². The average Bonchev–Trinajstić information content (AvgIpc) is 3.09. The molecule has 0 amide bonds. The fourth-order valence-corrected chi connectivity index (χ4v) is 3.52. The van der Waals surface area contributed by atoms with Crippen molar-refractivity contribution in [3.05, 3.63) is 48.3 Å². The van der Waals surface area contributed by atoms with Crippen molar-refractivity contribution in [3.63, 3.8) is 0 Å². The lowest BCUT2D eigenvalue weighted by Gasteiger charge is -2.37. The van der Waals surface area contributed by atoms with E-state index < -0.39 is 5.97 Å². The highest BCUT2D eigenvalue weighted by molar-refractivity contribution is 5.85. The minimum absolute atomic E-state index is 0. The van der Waals surface area contributed by atoms with Crippen molar-refractivity contribution < 1.29 is 9.90 Å². The van der Waals surface area contributed by atoms with E-state index in [2.05, 4.69) is 21.0 Å². The molecule has 0 saturated carbocycles. The van der Waals surface area contributed by atoms with Gasteiger partial charge >= 0.3 is 5.97 Å². The Morgan fingerprint density at radius 3 is 2.54 bits per heavy atom. The summed E-state index contributed by atoms with van der Waals surface area (Å²) < 4.78 is 1.91. The molecule has 1 N–H and O–H groups in total. The summed E-state index contributed by atoms with van der Waals surface area (Å²) in [5.41, 5.74) is 2.14. The molecule has 0 radical (unpaired) electrons. The van der Waals surface area contributed by atoms with E-state index in [0.717, 1.165) is 50.4 Å². The standard InChI is InChI=1S/C19H26N4O2.ClH/c1-2-22(15-19(24)25)17-9-11-21(12-10-17)14-16-8-13-23(20-16)18-6-4-3-5-7-18;/h3-8,13,17H,2,9-12,14-15H2,1H3,(H,24,25);1H. The van der Waals surface area contributed by atoms with E-state index in [1.54, 1.807) is 0 Å². The Kier molecular flexibility index (Phi) is 7.63. The van der Waals surface area contributed by atoms with Crippen LogP contribution < -0.4 is 0 Å². The quantitative estimate of drug-likeness (QED) is 0.802. The number of aliphatic carboxylic acids is 1. The van der Waals surface area contributed by atoms with Crippen LogP contribution in [0.25, 0.3) is 5.69 Å². The molecule has 1 aromatic carbocycles. The van der Waals surface area contributed by atoms with Gasteiger partial charge in [0, 0.05) is 31.9 Å². The number of rotatable bonds is 7. The minimum atomic E-state index is -0.740. The van der Waals surface area contributed by atoms with Crippen LogP contribution in [0.3, 0.4) is 0 Å². The first-order valence-electron chi connectivity index (χ1n) is 8.94. The molecule has 1 aliphatic rings. The Bertz CT molecular complexity index is 684. The molecule has 1 saturated heterocycles. The molecule has 3 rings (SSSR count). The van der Waals surface area contributed by atoms with Crippen molar-refractivity contribution in [2.24, 2.45) is 0 Å². The normalized spacial score (nSPS) is 15.8. The maximum atomic E-state index is 11.0. The van der Waals surface area contributed by atoms with Gasteiger partial charge in [0.25, 0.3) is 0 Å². The molecular weight excluding hydrogens is 352 g/mol. The van der Waals surface area contributed by atoms with Crippen LogP contribution >= 0.6 is 12.4 Å². The van der Waals surface area contributed by atoms with Gasteiger partial charge in [0.15, 0.2) is 0 Å². The van der Waals surface area contributed by atoms with Crippen molar-refractivity contribution >= 4 is 18.4 Å². The molecule has 0 unspecified atom stereocenters. The lowest BCUT2D eigenvalue weighted by Crippen LogP contribution is -2.46. The molecular formula is C19H27ClN4O2. The van der Waals surface area contributed by atoms with Crippen molar-refractivity contribution in [1.29, 1.82) is 0 Å². The number of likely N-dealkylation sites (N-methyl/N-ethyl adjacent to an activating group) is 1. The molecule has 7 heteroatoms. The molecule has 1 fully saturated rings. The maximum absolute atomic E-state index is 11.0. The summed E-state index contributed by atoms with van der Waals surface area (Å²) in [6.07, 6.45) is 4.03. The fourth-order valence-electron chi connectivity index (χ4n) is 3.52. The van der Waals surface area contributed by atoms with Crippen LogP contribution in [0.4, 0.5) is 0 Å². The molecule has 0 atom stereocenters. The van der Waals surface area contributed by atoms with Gasteiger partial charge in [0.1, 0.15) is 0 Å². The highest BCUT2D eigenvalue weighted by Crippen LogP contribution is 2.18. The predicted octanol–water partition coefficient (Wildman–Crippen LogP) is 2.67. The number of nitrogens with zero attached hydrogens (tertiary/aromatic N) is 4. The number of likely N-dealkylation sites (tertiary alicyclic amines) is 1. The third kappa shape index (κ3) is 5.30. The number of benzene rings is 1. The summed E-state index contributed by atoms with van der Waals surface area (Å²) in [4.78, 5) is 15.5. The number of carboxylic acid groups (broad SMARTS) is 1. The molecule has 142 valence electrons. The van der Waals surface area contributed by atoms with Crippen molar-refractivity contribution in [3.8, 4) is 5.69 Å². The lowest BCUT2D eigenvalue weighted by molar-refractivity contribution is -0.139. The van der Waals surface area contributed by atoms with Crippen LogP contribution in [0, 0.1) is 0 Å². The monoisotopic (exact) mass is 378 g/mol. The van der Waals surface area contributed by atoms with Crippen LogP contribution in [0.1, 0.15) is 25.5 Å². The molecule has 0 bridgehead atoms. The van der Waals surface area contributed by atoms with E-state index >= 15 is 0 Å². The van der Waals surface area contributed by atoms with Gasteiger partial charge in [-0.25, -0.2) is 4.68 Å². The number of aromatic nitrogens is 2. The summed E-state index contributed by atoms with van der Waals surface area (Å²) >= 11 is 0. The van der Waals surface area contributed by atoms with E-state index in [1.807, 2.05) is 48.1 Å². The zero-order chi connectivity index (χ0) is 17.6. The van der Waals surface area contributed by atoms with Crippen molar-refractivity contribution in [2.75, 3.05) is 26.2 Å². The second kappa shape index (κ2) is 9.71. The smallest absolute Gasteiger partial charge is 0.317 e. The number of hydrogen-bond donors (Lipinski definition) is 1. The minimum Gasteiger partial charge on any atom is -0.480 e. The van der Waals surface area contributed by atoms with Crippen LogP contribution in [-0.2, 0) is 11.3 Å².